The highest BCUT2D eigenvalue weighted by atomic mass is 35.7. The van der Waals surface area contributed by atoms with Crippen molar-refractivity contribution in [3.63, 3.8) is 0 Å². The molecule has 3 nitrogen and oxygen atoms in total. The van der Waals surface area contributed by atoms with Crippen molar-refractivity contribution >= 4 is 19.7 Å². The molecular weight excluding hydrogens is 272 g/mol. The van der Waals surface area contributed by atoms with Crippen molar-refractivity contribution in [2.75, 3.05) is 7.11 Å². The number of ether oxygens (including phenoxy) is 1. The monoisotopic (exact) mass is 282 g/mol. The van der Waals surface area contributed by atoms with Gasteiger partial charge in [0.2, 0.25) is 0 Å². The molecular formula is C13H11ClO3S. The van der Waals surface area contributed by atoms with E-state index in [2.05, 4.69) is 0 Å². The van der Waals surface area contributed by atoms with Crippen LogP contribution in [-0.2, 0) is 9.05 Å². The molecule has 0 heterocycles. The topological polar surface area (TPSA) is 43.4 Å². The van der Waals surface area contributed by atoms with Crippen LogP contribution >= 0.6 is 10.7 Å². The molecule has 0 spiro atoms. The van der Waals surface area contributed by atoms with Gasteiger partial charge in [-0.05, 0) is 12.1 Å². The first-order chi connectivity index (χ1) is 8.54. The zero-order valence-electron chi connectivity index (χ0n) is 9.63. The number of para-hydroxylation sites is 1. The van der Waals surface area contributed by atoms with E-state index in [1.807, 2.05) is 12.1 Å². The molecule has 0 aliphatic rings. The molecule has 0 amide bonds. The third-order valence-corrected chi connectivity index (χ3v) is 3.93. The summed E-state index contributed by atoms with van der Waals surface area (Å²) >= 11 is 0. The summed E-state index contributed by atoms with van der Waals surface area (Å²) in [5.74, 6) is 0.602. The highest BCUT2D eigenvalue weighted by Crippen LogP contribution is 2.35. The largest absolute Gasteiger partial charge is 0.496 e. The molecule has 0 aliphatic heterocycles. The maximum atomic E-state index is 11.6. The van der Waals surface area contributed by atoms with Crippen molar-refractivity contribution in [2.24, 2.45) is 0 Å². The average molecular weight is 283 g/mol. The molecule has 0 unspecified atom stereocenters. The number of methoxy groups -OCH3 is 1. The first-order valence-corrected chi connectivity index (χ1v) is 7.52. The van der Waals surface area contributed by atoms with Gasteiger partial charge in [0.05, 0.1) is 12.0 Å². The first kappa shape index (κ1) is 12.9. The Bertz CT molecular complexity index is 665. The smallest absolute Gasteiger partial charge is 0.261 e. The van der Waals surface area contributed by atoms with Crippen molar-refractivity contribution in [3.05, 3.63) is 48.5 Å². The Hall–Kier alpha value is -1.52. The van der Waals surface area contributed by atoms with Crippen LogP contribution in [0, 0.1) is 0 Å². The van der Waals surface area contributed by atoms with Crippen LogP contribution in [0.25, 0.3) is 11.1 Å². The normalized spacial score (nSPS) is 11.2. The van der Waals surface area contributed by atoms with Gasteiger partial charge in [-0.2, -0.15) is 0 Å². The first-order valence-electron chi connectivity index (χ1n) is 5.21. The second-order valence-corrected chi connectivity index (χ2v) is 6.17. The van der Waals surface area contributed by atoms with E-state index in [1.54, 1.807) is 30.3 Å². The summed E-state index contributed by atoms with van der Waals surface area (Å²) in [6, 6.07) is 13.8. The fourth-order valence-corrected chi connectivity index (χ4v) is 2.85. The summed E-state index contributed by atoms with van der Waals surface area (Å²) < 4.78 is 28.3. The number of rotatable bonds is 3. The van der Waals surface area contributed by atoms with Crippen LogP contribution in [-0.4, -0.2) is 15.5 Å². The molecule has 94 valence electrons. The Balaban J connectivity index is 2.72. The maximum absolute atomic E-state index is 11.6. The molecule has 0 aliphatic carbocycles. The molecule has 18 heavy (non-hydrogen) atoms. The van der Waals surface area contributed by atoms with Gasteiger partial charge in [0, 0.05) is 21.8 Å². The highest BCUT2D eigenvalue weighted by molar-refractivity contribution is 8.13. The van der Waals surface area contributed by atoms with E-state index < -0.39 is 9.05 Å². The van der Waals surface area contributed by atoms with Crippen LogP contribution in [0.3, 0.4) is 0 Å². The van der Waals surface area contributed by atoms with Gasteiger partial charge in [0.1, 0.15) is 5.75 Å². The van der Waals surface area contributed by atoms with Gasteiger partial charge in [-0.1, -0.05) is 36.4 Å². The lowest BCUT2D eigenvalue weighted by molar-refractivity contribution is 0.416. The predicted octanol–water partition coefficient (Wildman–Crippen LogP) is 3.29. The van der Waals surface area contributed by atoms with Gasteiger partial charge < -0.3 is 4.74 Å². The minimum Gasteiger partial charge on any atom is -0.496 e. The Morgan fingerprint density at radius 3 is 2.11 bits per heavy atom. The molecule has 5 heteroatoms. The molecule has 0 saturated heterocycles. The van der Waals surface area contributed by atoms with Crippen LogP contribution in [0.2, 0.25) is 0 Å². The van der Waals surface area contributed by atoms with Crippen molar-refractivity contribution < 1.29 is 13.2 Å². The van der Waals surface area contributed by atoms with Gasteiger partial charge in [-0.15, -0.1) is 0 Å². The van der Waals surface area contributed by atoms with E-state index >= 15 is 0 Å². The SMILES string of the molecule is COc1ccccc1-c1ccccc1S(=O)(=O)Cl. The molecule has 2 aromatic rings. The summed E-state index contributed by atoms with van der Waals surface area (Å²) in [6.07, 6.45) is 0. The van der Waals surface area contributed by atoms with E-state index in [0.717, 1.165) is 0 Å². The molecule has 0 radical (unpaired) electrons. The summed E-state index contributed by atoms with van der Waals surface area (Å²) in [7, 11) is 3.19. The van der Waals surface area contributed by atoms with Crippen LogP contribution < -0.4 is 4.74 Å². The van der Waals surface area contributed by atoms with Crippen LogP contribution in [0.15, 0.2) is 53.4 Å². The van der Waals surface area contributed by atoms with Gasteiger partial charge in [0.15, 0.2) is 0 Å². The van der Waals surface area contributed by atoms with Crippen molar-refractivity contribution in [3.8, 4) is 16.9 Å². The Morgan fingerprint density at radius 2 is 1.50 bits per heavy atom. The highest BCUT2D eigenvalue weighted by Gasteiger charge is 2.17. The zero-order chi connectivity index (χ0) is 13.2. The fourth-order valence-electron chi connectivity index (χ4n) is 1.77. The molecule has 2 aromatic carbocycles. The van der Waals surface area contributed by atoms with Crippen LogP contribution in [0.4, 0.5) is 0 Å². The van der Waals surface area contributed by atoms with Crippen molar-refractivity contribution in [2.45, 2.75) is 4.90 Å². The Labute approximate surface area is 110 Å². The minimum absolute atomic E-state index is 0.0798. The summed E-state index contributed by atoms with van der Waals surface area (Å²) in [5.41, 5.74) is 1.23. The zero-order valence-corrected chi connectivity index (χ0v) is 11.2. The Kier molecular flexibility index (Phi) is 3.59. The fraction of sp³-hybridized carbons (Fsp3) is 0.0769. The van der Waals surface area contributed by atoms with Gasteiger partial charge in [0.25, 0.3) is 9.05 Å². The lowest BCUT2D eigenvalue weighted by Crippen LogP contribution is -1.96. The molecule has 0 atom stereocenters. The number of benzene rings is 2. The van der Waals surface area contributed by atoms with Gasteiger partial charge >= 0.3 is 0 Å². The molecule has 0 N–H and O–H groups in total. The third kappa shape index (κ3) is 2.49. The third-order valence-electron chi connectivity index (χ3n) is 2.55. The maximum Gasteiger partial charge on any atom is 0.261 e. The van der Waals surface area contributed by atoms with Crippen molar-refractivity contribution in [1.29, 1.82) is 0 Å². The number of hydrogen-bond donors (Lipinski definition) is 0. The van der Waals surface area contributed by atoms with Crippen LogP contribution in [0.1, 0.15) is 0 Å². The van der Waals surface area contributed by atoms with E-state index in [-0.39, 0.29) is 4.90 Å². The van der Waals surface area contributed by atoms with E-state index in [9.17, 15) is 8.42 Å². The van der Waals surface area contributed by atoms with E-state index in [4.69, 9.17) is 15.4 Å². The summed E-state index contributed by atoms with van der Waals surface area (Å²) in [6.45, 7) is 0. The van der Waals surface area contributed by atoms with E-state index in [0.29, 0.717) is 16.9 Å². The Morgan fingerprint density at radius 1 is 0.944 bits per heavy atom. The molecule has 0 saturated carbocycles. The minimum atomic E-state index is -3.79. The lowest BCUT2D eigenvalue weighted by atomic mass is 10.0. The van der Waals surface area contributed by atoms with Crippen LogP contribution in [0.5, 0.6) is 5.75 Å². The van der Waals surface area contributed by atoms with Gasteiger partial charge in [-0.25, -0.2) is 8.42 Å². The summed E-state index contributed by atoms with van der Waals surface area (Å²) in [5, 5.41) is 0. The van der Waals surface area contributed by atoms with Crippen molar-refractivity contribution in [1.82, 2.24) is 0 Å². The number of halogens is 1. The second-order valence-electron chi connectivity index (χ2n) is 3.63. The molecule has 2 rings (SSSR count). The average Bonchev–Trinajstić information content (AvgIpc) is 2.37. The quantitative estimate of drug-likeness (QED) is 0.812. The molecule has 0 fully saturated rings. The lowest BCUT2D eigenvalue weighted by Gasteiger charge is -2.10. The van der Waals surface area contributed by atoms with Gasteiger partial charge in [-0.3, -0.25) is 0 Å². The van der Waals surface area contributed by atoms with E-state index in [1.165, 1.54) is 13.2 Å². The molecule has 0 bridgehead atoms. The standard InChI is InChI=1S/C13H11ClO3S/c1-17-12-8-4-2-6-10(12)11-7-3-5-9-13(11)18(14,15)16/h2-9H,1H3. The number of hydrogen-bond acceptors (Lipinski definition) is 3. The summed E-state index contributed by atoms with van der Waals surface area (Å²) in [4.78, 5) is 0.0798. The molecule has 0 aromatic heterocycles. The predicted molar refractivity (Wildman–Crippen MR) is 71.5 cm³/mol. The second kappa shape index (κ2) is 5.00.